The second kappa shape index (κ2) is 8.06. The predicted molar refractivity (Wildman–Crippen MR) is 107 cm³/mol. The fourth-order valence-corrected chi connectivity index (χ4v) is 4.43. The summed E-state index contributed by atoms with van der Waals surface area (Å²) < 4.78 is 52.2. The normalized spacial score (nSPS) is 16.7. The number of halogens is 4. The zero-order valence-electron chi connectivity index (χ0n) is 15.6. The third-order valence-electron chi connectivity index (χ3n) is 4.88. The van der Waals surface area contributed by atoms with Crippen LogP contribution in [0.4, 0.5) is 28.0 Å². The fraction of sp³-hybridized carbons (Fsp3) is 0.238. The molecule has 1 saturated heterocycles. The number of carbonyl (C=O) groups is 1. The third kappa shape index (κ3) is 4.30. The molecule has 4 rings (SSSR count). The lowest BCUT2D eigenvalue weighted by molar-refractivity contribution is -0.137. The van der Waals surface area contributed by atoms with E-state index >= 15 is 0 Å². The van der Waals surface area contributed by atoms with Crippen LogP contribution in [-0.4, -0.2) is 22.5 Å². The number of rotatable bonds is 3. The van der Waals surface area contributed by atoms with E-state index in [0.717, 1.165) is 18.6 Å². The van der Waals surface area contributed by atoms with Crippen LogP contribution in [0.15, 0.2) is 53.9 Å². The molecule has 30 heavy (non-hydrogen) atoms. The summed E-state index contributed by atoms with van der Waals surface area (Å²) >= 11 is 1.38. The van der Waals surface area contributed by atoms with Gasteiger partial charge in [0.1, 0.15) is 10.8 Å². The van der Waals surface area contributed by atoms with Gasteiger partial charge in [-0.2, -0.15) is 13.2 Å². The summed E-state index contributed by atoms with van der Waals surface area (Å²) in [5.41, 5.74) is 0.535. The molecule has 1 fully saturated rings. The van der Waals surface area contributed by atoms with Gasteiger partial charge < -0.3 is 10.2 Å². The van der Waals surface area contributed by atoms with Gasteiger partial charge >= 0.3 is 12.2 Å². The molecule has 2 aromatic carbocycles. The lowest BCUT2D eigenvalue weighted by atomic mass is 10.1. The van der Waals surface area contributed by atoms with E-state index < -0.39 is 17.8 Å². The van der Waals surface area contributed by atoms with E-state index in [4.69, 9.17) is 0 Å². The van der Waals surface area contributed by atoms with Crippen molar-refractivity contribution < 1.29 is 22.4 Å². The molecule has 2 heterocycles. The van der Waals surface area contributed by atoms with Crippen molar-refractivity contribution in [1.29, 1.82) is 0 Å². The van der Waals surface area contributed by atoms with Gasteiger partial charge in [-0.3, -0.25) is 0 Å². The van der Waals surface area contributed by atoms with Crippen molar-refractivity contribution in [2.24, 2.45) is 0 Å². The van der Waals surface area contributed by atoms with Crippen LogP contribution < -0.4 is 5.32 Å². The molecule has 1 aliphatic rings. The number of hydrogen-bond acceptors (Lipinski definition) is 3. The van der Waals surface area contributed by atoms with E-state index in [1.165, 1.54) is 35.6 Å². The van der Waals surface area contributed by atoms with Gasteiger partial charge in [-0.1, -0.05) is 18.2 Å². The van der Waals surface area contributed by atoms with Crippen LogP contribution in [0, 0.1) is 5.82 Å². The highest BCUT2D eigenvalue weighted by molar-refractivity contribution is 7.10. The highest BCUT2D eigenvalue weighted by Gasteiger charge is 2.33. The molecule has 1 atom stereocenters. The van der Waals surface area contributed by atoms with Crippen molar-refractivity contribution in [2.75, 3.05) is 11.9 Å². The Morgan fingerprint density at radius 2 is 1.97 bits per heavy atom. The summed E-state index contributed by atoms with van der Waals surface area (Å²) in [6.45, 7) is 0.477. The number of nitrogens with one attached hydrogen (secondary N) is 1. The zero-order chi connectivity index (χ0) is 21.3. The van der Waals surface area contributed by atoms with Crippen LogP contribution in [0.2, 0.25) is 0 Å². The van der Waals surface area contributed by atoms with Crippen molar-refractivity contribution in [3.05, 3.63) is 70.3 Å². The lowest BCUT2D eigenvalue weighted by Crippen LogP contribution is -2.34. The molecule has 3 aromatic rings. The van der Waals surface area contributed by atoms with Gasteiger partial charge in [0.2, 0.25) is 0 Å². The number of carbonyl (C=O) groups excluding carboxylic acids is 1. The Hall–Kier alpha value is -2.94. The van der Waals surface area contributed by atoms with Crippen LogP contribution in [0.3, 0.4) is 0 Å². The maximum absolute atomic E-state index is 13.5. The molecule has 2 amide bonds. The Kier molecular flexibility index (Phi) is 5.46. The van der Waals surface area contributed by atoms with E-state index in [1.54, 1.807) is 17.0 Å². The lowest BCUT2D eigenvalue weighted by Gasteiger charge is -2.23. The third-order valence-corrected chi connectivity index (χ3v) is 5.83. The molecule has 0 aliphatic carbocycles. The van der Waals surface area contributed by atoms with Crippen molar-refractivity contribution in [1.82, 2.24) is 9.88 Å². The summed E-state index contributed by atoms with van der Waals surface area (Å²) in [5, 5.41) is 5.08. The van der Waals surface area contributed by atoms with Crippen LogP contribution >= 0.6 is 11.3 Å². The number of nitrogens with zero attached hydrogens (tertiary/aromatic N) is 2. The standard InChI is InChI=1S/C21H17F4N3OS/c22-15-6-1-4-13(10-15)17-12-30-19(27-17)18-8-3-9-28(18)20(29)26-16-7-2-5-14(11-16)21(23,24)25/h1-2,4-7,10-12,18H,3,8-9H2,(H,26,29)/t18-/m0/s1. The van der Waals surface area contributed by atoms with E-state index in [1.807, 2.05) is 5.38 Å². The first-order valence-corrected chi connectivity index (χ1v) is 10.2. The largest absolute Gasteiger partial charge is 0.416 e. The zero-order valence-corrected chi connectivity index (χ0v) is 16.4. The number of alkyl halides is 3. The predicted octanol–water partition coefficient (Wildman–Crippen LogP) is 6.34. The highest BCUT2D eigenvalue weighted by atomic mass is 32.1. The Bertz CT molecular complexity index is 1070. The molecule has 1 aromatic heterocycles. The Balaban J connectivity index is 1.51. The molecule has 1 aliphatic heterocycles. The Labute approximate surface area is 174 Å². The maximum atomic E-state index is 13.5. The molecular formula is C21H17F4N3OS. The average Bonchev–Trinajstić information content (AvgIpc) is 3.37. The molecule has 0 unspecified atom stereocenters. The summed E-state index contributed by atoms with van der Waals surface area (Å²) in [5.74, 6) is -0.356. The second-order valence-corrected chi connectivity index (χ2v) is 7.83. The summed E-state index contributed by atoms with van der Waals surface area (Å²) in [6, 6.07) is 9.91. The van der Waals surface area contributed by atoms with Gasteiger partial charge in [-0.05, 0) is 43.2 Å². The topological polar surface area (TPSA) is 45.2 Å². The number of aromatic nitrogens is 1. The van der Waals surface area contributed by atoms with E-state index in [2.05, 4.69) is 10.3 Å². The number of benzene rings is 2. The average molecular weight is 435 g/mol. The van der Waals surface area contributed by atoms with Gasteiger partial charge in [0.25, 0.3) is 0 Å². The van der Waals surface area contributed by atoms with Crippen LogP contribution in [0.25, 0.3) is 11.3 Å². The number of hydrogen-bond donors (Lipinski definition) is 1. The number of urea groups is 1. The maximum Gasteiger partial charge on any atom is 0.416 e. The van der Waals surface area contributed by atoms with Crippen LogP contribution in [0.5, 0.6) is 0 Å². The summed E-state index contributed by atoms with van der Waals surface area (Å²) in [7, 11) is 0. The number of amides is 2. The van der Waals surface area contributed by atoms with Gasteiger partial charge in [0.05, 0.1) is 17.3 Å². The number of likely N-dealkylation sites (tertiary alicyclic amines) is 1. The van der Waals surface area contributed by atoms with Crippen LogP contribution in [0.1, 0.15) is 29.5 Å². The van der Waals surface area contributed by atoms with Gasteiger partial charge in [0, 0.05) is 23.2 Å². The first kappa shape index (κ1) is 20.3. The van der Waals surface area contributed by atoms with Crippen LogP contribution in [-0.2, 0) is 6.18 Å². The molecular weight excluding hydrogens is 418 g/mol. The molecule has 0 bridgehead atoms. The minimum absolute atomic E-state index is 0.0834. The first-order valence-electron chi connectivity index (χ1n) is 9.27. The molecule has 9 heteroatoms. The molecule has 4 nitrogen and oxygen atoms in total. The molecule has 1 N–H and O–H groups in total. The number of thiazole rings is 1. The second-order valence-electron chi connectivity index (χ2n) is 6.94. The Morgan fingerprint density at radius 1 is 1.17 bits per heavy atom. The van der Waals surface area contributed by atoms with Crippen molar-refractivity contribution in [2.45, 2.75) is 25.1 Å². The van der Waals surface area contributed by atoms with Crippen molar-refractivity contribution in [3.63, 3.8) is 0 Å². The first-order chi connectivity index (χ1) is 14.3. The molecule has 0 radical (unpaired) electrons. The number of anilines is 1. The van der Waals surface area contributed by atoms with Gasteiger partial charge in [-0.15, -0.1) is 11.3 Å². The SMILES string of the molecule is O=C(Nc1cccc(C(F)(F)F)c1)N1CCC[C@H]1c1nc(-c2cccc(F)c2)cs1. The smallest absolute Gasteiger partial charge is 0.315 e. The van der Waals surface area contributed by atoms with E-state index in [-0.39, 0.29) is 17.5 Å². The molecule has 0 spiro atoms. The Morgan fingerprint density at radius 3 is 2.73 bits per heavy atom. The quantitative estimate of drug-likeness (QED) is 0.488. The highest BCUT2D eigenvalue weighted by Crippen LogP contribution is 2.36. The van der Waals surface area contributed by atoms with Crippen molar-refractivity contribution in [3.8, 4) is 11.3 Å². The van der Waals surface area contributed by atoms with E-state index in [9.17, 15) is 22.4 Å². The minimum atomic E-state index is -4.48. The molecule has 0 saturated carbocycles. The van der Waals surface area contributed by atoms with Gasteiger partial charge in [-0.25, -0.2) is 14.2 Å². The van der Waals surface area contributed by atoms with Gasteiger partial charge in [0.15, 0.2) is 0 Å². The molecule has 156 valence electrons. The monoisotopic (exact) mass is 435 g/mol. The van der Waals surface area contributed by atoms with E-state index in [0.29, 0.717) is 29.2 Å². The minimum Gasteiger partial charge on any atom is -0.315 e. The summed E-state index contributed by atoms with van der Waals surface area (Å²) in [4.78, 5) is 18.9. The fourth-order valence-electron chi connectivity index (χ4n) is 3.46. The van der Waals surface area contributed by atoms with Crippen molar-refractivity contribution >= 4 is 23.1 Å². The summed E-state index contributed by atoms with van der Waals surface area (Å²) in [6.07, 6.45) is -3.02.